The van der Waals surface area contributed by atoms with E-state index in [0.29, 0.717) is 5.82 Å². The number of aromatic nitrogens is 4. The van der Waals surface area contributed by atoms with E-state index < -0.39 is 0 Å². The largest absolute Gasteiger partial charge is 0.348 e. The lowest BCUT2D eigenvalue weighted by Crippen LogP contribution is -2.32. The van der Waals surface area contributed by atoms with Crippen LogP contribution < -0.4 is 5.32 Å². The van der Waals surface area contributed by atoms with Crippen molar-refractivity contribution in [1.82, 2.24) is 25.5 Å². The van der Waals surface area contributed by atoms with Crippen LogP contribution in [0.15, 0.2) is 53.0 Å². The van der Waals surface area contributed by atoms with Gasteiger partial charge in [0.15, 0.2) is 0 Å². The van der Waals surface area contributed by atoms with Crippen LogP contribution >= 0.6 is 15.9 Å². The van der Waals surface area contributed by atoms with E-state index in [0.717, 1.165) is 22.0 Å². The number of carbonyl (C=O) groups excluding carboxylic acids is 1. The monoisotopic (exact) mass is 413 g/mol. The molecule has 0 saturated heterocycles. The number of hydrogen-bond acceptors (Lipinski definition) is 4. The lowest BCUT2D eigenvalue weighted by atomic mass is 10.0. The Hall–Kier alpha value is -2.54. The first-order chi connectivity index (χ1) is 12.5. The number of tetrazole rings is 1. The molecule has 3 aromatic rings. The summed E-state index contributed by atoms with van der Waals surface area (Å²) in [5.41, 5.74) is 3.11. The average Bonchev–Trinajstić information content (AvgIpc) is 3.09. The van der Waals surface area contributed by atoms with E-state index in [9.17, 15) is 4.79 Å². The first-order valence-corrected chi connectivity index (χ1v) is 9.24. The standard InChI is InChI=1S/C19H20BrN5O/c1-3-17(14-8-10-16(20)11-9-14)21-18(26)12-25-23-19(22-24-25)15-6-4-13(2)5-7-15/h4-11,17H,3,12H2,1-2H3,(H,21,26)/t17-/m0/s1. The highest BCUT2D eigenvalue weighted by atomic mass is 79.9. The van der Waals surface area contributed by atoms with Crippen molar-refractivity contribution in [3.05, 3.63) is 64.1 Å². The number of benzene rings is 2. The molecule has 0 aliphatic carbocycles. The third kappa shape index (κ3) is 4.54. The van der Waals surface area contributed by atoms with Gasteiger partial charge in [-0.2, -0.15) is 4.80 Å². The molecule has 0 saturated carbocycles. The van der Waals surface area contributed by atoms with E-state index in [1.54, 1.807) is 0 Å². The highest BCUT2D eigenvalue weighted by molar-refractivity contribution is 9.10. The van der Waals surface area contributed by atoms with E-state index in [1.165, 1.54) is 10.4 Å². The van der Waals surface area contributed by atoms with Gasteiger partial charge in [-0.25, -0.2) is 0 Å². The van der Waals surface area contributed by atoms with E-state index in [2.05, 4.69) is 36.7 Å². The summed E-state index contributed by atoms with van der Waals surface area (Å²) >= 11 is 3.42. The van der Waals surface area contributed by atoms with Gasteiger partial charge in [0.1, 0.15) is 6.54 Å². The minimum atomic E-state index is -0.146. The van der Waals surface area contributed by atoms with Crippen LogP contribution in [0.2, 0.25) is 0 Å². The van der Waals surface area contributed by atoms with Gasteiger partial charge in [0.05, 0.1) is 6.04 Å². The second-order valence-electron chi connectivity index (χ2n) is 6.09. The van der Waals surface area contributed by atoms with Gasteiger partial charge >= 0.3 is 0 Å². The van der Waals surface area contributed by atoms with Crippen LogP contribution in [0.25, 0.3) is 11.4 Å². The van der Waals surface area contributed by atoms with Crippen LogP contribution in [0, 0.1) is 6.92 Å². The van der Waals surface area contributed by atoms with Crippen molar-refractivity contribution in [3.8, 4) is 11.4 Å². The van der Waals surface area contributed by atoms with Crippen molar-refractivity contribution in [3.63, 3.8) is 0 Å². The number of carbonyl (C=O) groups is 1. The molecule has 2 aromatic carbocycles. The van der Waals surface area contributed by atoms with Crippen LogP contribution in [-0.2, 0) is 11.3 Å². The SMILES string of the molecule is CC[C@H](NC(=O)Cn1nnc(-c2ccc(C)cc2)n1)c1ccc(Br)cc1. The molecule has 7 heteroatoms. The Kier molecular flexibility index (Phi) is 5.78. The molecule has 0 radical (unpaired) electrons. The second kappa shape index (κ2) is 8.23. The van der Waals surface area contributed by atoms with Crippen LogP contribution in [-0.4, -0.2) is 26.1 Å². The highest BCUT2D eigenvalue weighted by Crippen LogP contribution is 2.19. The van der Waals surface area contributed by atoms with E-state index in [-0.39, 0.29) is 18.5 Å². The van der Waals surface area contributed by atoms with Crippen molar-refractivity contribution in [1.29, 1.82) is 0 Å². The van der Waals surface area contributed by atoms with Crippen LogP contribution in [0.5, 0.6) is 0 Å². The van der Waals surface area contributed by atoms with Gasteiger partial charge in [-0.1, -0.05) is 64.8 Å². The number of amides is 1. The van der Waals surface area contributed by atoms with Crippen molar-refractivity contribution < 1.29 is 4.79 Å². The third-order valence-electron chi connectivity index (χ3n) is 4.06. The summed E-state index contributed by atoms with van der Waals surface area (Å²) in [6.07, 6.45) is 0.798. The molecule has 1 heterocycles. The Bertz CT molecular complexity index is 874. The fourth-order valence-corrected chi connectivity index (χ4v) is 2.88. The molecule has 0 bridgehead atoms. The maximum absolute atomic E-state index is 12.4. The molecule has 26 heavy (non-hydrogen) atoms. The van der Waals surface area contributed by atoms with Crippen LogP contribution in [0.3, 0.4) is 0 Å². The molecule has 1 atom stereocenters. The Balaban J connectivity index is 1.64. The summed E-state index contributed by atoms with van der Waals surface area (Å²) in [6.45, 7) is 4.09. The first kappa shape index (κ1) is 18.3. The summed E-state index contributed by atoms with van der Waals surface area (Å²) in [6, 6.07) is 15.8. The molecule has 0 unspecified atom stereocenters. The predicted molar refractivity (Wildman–Crippen MR) is 103 cm³/mol. The molecule has 0 aliphatic rings. The smallest absolute Gasteiger partial charge is 0.244 e. The normalized spacial score (nSPS) is 12.0. The molecule has 6 nitrogen and oxygen atoms in total. The zero-order valence-electron chi connectivity index (χ0n) is 14.7. The number of nitrogens with zero attached hydrogens (tertiary/aromatic N) is 4. The van der Waals surface area contributed by atoms with Gasteiger partial charge in [0.25, 0.3) is 0 Å². The van der Waals surface area contributed by atoms with Gasteiger partial charge in [0, 0.05) is 10.0 Å². The van der Waals surface area contributed by atoms with Gasteiger partial charge in [0.2, 0.25) is 11.7 Å². The molecular weight excluding hydrogens is 394 g/mol. The topological polar surface area (TPSA) is 72.7 Å². The fourth-order valence-electron chi connectivity index (χ4n) is 2.61. The van der Waals surface area contributed by atoms with Gasteiger partial charge in [-0.15, -0.1) is 10.2 Å². The Morgan fingerprint density at radius 1 is 1.15 bits per heavy atom. The molecular formula is C19H20BrN5O. The minimum Gasteiger partial charge on any atom is -0.348 e. The Labute approximate surface area is 160 Å². The zero-order valence-corrected chi connectivity index (χ0v) is 16.3. The summed E-state index contributed by atoms with van der Waals surface area (Å²) < 4.78 is 1.01. The Morgan fingerprint density at radius 2 is 1.85 bits per heavy atom. The minimum absolute atomic E-state index is 0.0336. The summed E-state index contributed by atoms with van der Waals surface area (Å²) in [5.74, 6) is 0.366. The Morgan fingerprint density at radius 3 is 2.50 bits per heavy atom. The number of nitrogens with one attached hydrogen (secondary N) is 1. The highest BCUT2D eigenvalue weighted by Gasteiger charge is 2.14. The van der Waals surface area contributed by atoms with E-state index in [1.807, 2.05) is 62.4 Å². The van der Waals surface area contributed by atoms with Crippen LogP contribution in [0.1, 0.15) is 30.5 Å². The van der Waals surface area contributed by atoms with Crippen molar-refractivity contribution in [2.75, 3.05) is 0 Å². The number of aryl methyl sites for hydroxylation is 1. The molecule has 0 fully saturated rings. The molecule has 1 N–H and O–H groups in total. The second-order valence-corrected chi connectivity index (χ2v) is 7.01. The van der Waals surface area contributed by atoms with Gasteiger partial charge < -0.3 is 5.32 Å². The van der Waals surface area contributed by atoms with E-state index >= 15 is 0 Å². The van der Waals surface area contributed by atoms with Crippen LogP contribution in [0.4, 0.5) is 0 Å². The number of rotatable bonds is 6. The zero-order chi connectivity index (χ0) is 18.5. The van der Waals surface area contributed by atoms with Crippen molar-refractivity contribution in [2.45, 2.75) is 32.9 Å². The van der Waals surface area contributed by atoms with Crippen molar-refractivity contribution >= 4 is 21.8 Å². The first-order valence-electron chi connectivity index (χ1n) is 8.45. The predicted octanol–water partition coefficient (Wildman–Crippen LogP) is 3.68. The molecule has 1 aromatic heterocycles. The quantitative estimate of drug-likeness (QED) is 0.668. The van der Waals surface area contributed by atoms with Crippen molar-refractivity contribution in [2.24, 2.45) is 0 Å². The summed E-state index contributed by atoms with van der Waals surface area (Å²) in [7, 11) is 0. The number of halogens is 1. The molecule has 0 spiro atoms. The molecule has 134 valence electrons. The maximum atomic E-state index is 12.4. The molecule has 0 aliphatic heterocycles. The molecule has 3 rings (SSSR count). The maximum Gasteiger partial charge on any atom is 0.244 e. The molecule has 1 amide bonds. The third-order valence-corrected chi connectivity index (χ3v) is 4.59. The van der Waals surface area contributed by atoms with E-state index in [4.69, 9.17) is 0 Å². The fraction of sp³-hybridized carbons (Fsp3) is 0.263. The van der Waals surface area contributed by atoms with Gasteiger partial charge in [-0.3, -0.25) is 4.79 Å². The summed E-state index contributed by atoms with van der Waals surface area (Å²) in [4.78, 5) is 13.7. The lowest BCUT2D eigenvalue weighted by Gasteiger charge is -2.17. The lowest BCUT2D eigenvalue weighted by molar-refractivity contribution is -0.122. The summed E-state index contributed by atoms with van der Waals surface area (Å²) in [5, 5.41) is 15.3. The van der Waals surface area contributed by atoms with Gasteiger partial charge in [-0.05, 0) is 36.3 Å². The average molecular weight is 414 g/mol. The number of hydrogen-bond donors (Lipinski definition) is 1.